The summed E-state index contributed by atoms with van der Waals surface area (Å²) < 4.78 is 10.9. The summed E-state index contributed by atoms with van der Waals surface area (Å²) in [6.07, 6.45) is 2.02. The molecule has 0 saturated carbocycles. The van der Waals surface area contributed by atoms with Gasteiger partial charge in [-0.2, -0.15) is 0 Å². The topological polar surface area (TPSA) is 55.8 Å². The van der Waals surface area contributed by atoms with Crippen molar-refractivity contribution in [2.45, 2.75) is 13.0 Å². The molecule has 5 nitrogen and oxygen atoms in total. The molecule has 6 heteroatoms. The minimum Gasteiger partial charge on any atom is -0.482 e. The van der Waals surface area contributed by atoms with Crippen LogP contribution >= 0.6 is 11.6 Å². The third kappa shape index (κ3) is 4.06. The van der Waals surface area contributed by atoms with E-state index in [1.165, 1.54) is 6.08 Å². The van der Waals surface area contributed by atoms with E-state index < -0.39 is 5.97 Å². The van der Waals surface area contributed by atoms with Crippen molar-refractivity contribution in [3.05, 3.63) is 71.3 Å². The molecule has 1 amide bonds. The number of rotatable bonds is 4. The number of fused-ring (bicyclic) bond motifs is 1. The molecular formula is C20H18ClNO4. The van der Waals surface area contributed by atoms with Crippen LogP contribution in [0.25, 0.3) is 0 Å². The molecule has 0 fully saturated rings. The van der Waals surface area contributed by atoms with Gasteiger partial charge in [0.25, 0.3) is 5.91 Å². The van der Waals surface area contributed by atoms with E-state index in [4.69, 9.17) is 21.1 Å². The largest absolute Gasteiger partial charge is 0.482 e. The van der Waals surface area contributed by atoms with Gasteiger partial charge in [0.05, 0.1) is 18.8 Å². The molecule has 0 aliphatic carbocycles. The van der Waals surface area contributed by atoms with Crippen LogP contribution in [0.1, 0.15) is 18.6 Å². The Hall–Kier alpha value is -2.79. The van der Waals surface area contributed by atoms with Crippen LogP contribution in [0.2, 0.25) is 5.02 Å². The highest BCUT2D eigenvalue weighted by Crippen LogP contribution is 2.39. The summed E-state index contributed by atoms with van der Waals surface area (Å²) in [5.74, 6) is -0.335. The highest BCUT2D eigenvalue weighted by atomic mass is 35.5. The van der Waals surface area contributed by atoms with Gasteiger partial charge in [-0.05, 0) is 30.7 Å². The van der Waals surface area contributed by atoms with Crippen LogP contribution in [0.3, 0.4) is 0 Å². The van der Waals surface area contributed by atoms with E-state index >= 15 is 0 Å². The number of benzene rings is 2. The van der Waals surface area contributed by atoms with Gasteiger partial charge < -0.3 is 14.4 Å². The highest BCUT2D eigenvalue weighted by molar-refractivity contribution is 6.31. The summed E-state index contributed by atoms with van der Waals surface area (Å²) in [6, 6.07) is 14.8. The first kappa shape index (κ1) is 18.0. The Morgan fingerprint density at radius 3 is 2.73 bits per heavy atom. The number of carbonyl (C=O) groups is 2. The van der Waals surface area contributed by atoms with E-state index in [0.29, 0.717) is 23.0 Å². The Balaban J connectivity index is 1.90. The molecule has 0 saturated heterocycles. The molecule has 0 bridgehead atoms. The van der Waals surface area contributed by atoms with Crippen molar-refractivity contribution in [2.75, 3.05) is 18.1 Å². The molecule has 1 heterocycles. The van der Waals surface area contributed by atoms with Crippen molar-refractivity contribution >= 4 is 29.2 Å². The van der Waals surface area contributed by atoms with Crippen LogP contribution in [-0.2, 0) is 14.3 Å². The van der Waals surface area contributed by atoms with Crippen LogP contribution in [0.5, 0.6) is 5.75 Å². The summed E-state index contributed by atoms with van der Waals surface area (Å²) in [6.45, 7) is 2.27. The van der Waals surface area contributed by atoms with Gasteiger partial charge in [-0.1, -0.05) is 41.9 Å². The number of esters is 1. The van der Waals surface area contributed by atoms with E-state index in [1.54, 1.807) is 30.0 Å². The third-order valence-electron chi connectivity index (χ3n) is 3.92. The molecule has 2 aromatic rings. The van der Waals surface area contributed by atoms with Crippen LogP contribution in [0.15, 0.2) is 60.7 Å². The first-order valence-electron chi connectivity index (χ1n) is 8.26. The fourth-order valence-electron chi connectivity index (χ4n) is 2.73. The van der Waals surface area contributed by atoms with Gasteiger partial charge in [0.15, 0.2) is 0 Å². The van der Waals surface area contributed by atoms with Crippen molar-refractivity contribution in [2.24, 2.45) is 0 Å². The van der Waals surface area contributed by atoms with E-state index in [9.17, 15) is 9.59 Å². The predicted octanol–water partition coefficient (Wildman–Crippen LogP) is 3.93. The van der Waals surface area contributed by atoms with Crippen molar-refractivity contribution in [1.82, 2.24) is 0 Å². The molecule has 0 spiro atoms. The Labute approximate surface area is 156 Å². The SMILES string of the molecule is CCOC(=O)C=CC(=O)N1CC(c2ccccc2)Oc2ccc(Cl)cc21. The monoisotopic (exact) mass is 371 g/mol. The van der Waals surface area contributed by atoms with Gasteiger partial charge in [0, 0.05) is 17.2 Å². The second kappa shape index (κ2) is 8.06. The number of ether oxygens (including phenoxy) is 2. The molecule has 3 rings (SSSR count). The lowest BCUT2D eigenvalue weighted by Gasteiger charge is -2.34. The number of nitrogens with zero attached hydrogens (tertiary/aromatic N) is 1. The van der Waals surface area contributed by atoms with Gasteiger partial charge >= 0.3 is 5.97 Å². The van der Waals surface area contributed by atoms with Gasteiger partial charge in [-0.3, -0.25) is 4.79 Å². The van der Waals surface area contributed by atoms with E-state index in [1.807, 2.05) is 30.3 Å². The molecule has 0 aromatic heterocycles. The maximum Gasteiger partial charge on any atom is 0.330 e. The van der Waals surface area contributed by atoms with Crippen LogP contribution < -0.4 is 9.64 Å². The van der Waals surface area contributed by atoms with Gasteiger partial charge in [0.2, 0.25) is 0 Å². The molecular weight excluding hydrogens is 354 g/mol. The average molecular weight is 372 g/mol. The Bertz CT molecular complexity index is 835. The zero-order valence-corrected chi connectivity index (χ0v) is 15.0. The van der Waals surface area contributed by atoms with Gasteiger partial charge in [0.1, 0.15) is 11.9 Å². The van der Waals surface area contributed by atoms with Crippen molar-refractivity contribution < 1.29 is 19.1 Å². The number of hydrogen-bond acceptors (Lipinski definition) is 4. The highest BCUT2D eigenvalue weighted by Gasteiger charge is 2.30. The summed E-state index contributed by atoms with van der Waals surface area (Å²) >= 11 is 6.08. The van der Waals surface area contributed by atoms with E-state index in [2.05, 4.69) is 0 Å². The van der Waals surface area contributed by atoms with Crippen molar-refractivity contribution in [3.8, 4) is 5.75 Å². The van der Waals surface area contributed by atoms with E-state index in [-0.39, 0.29) is 18.6 Å². The predicted molar refractivity (Wildman–Crippen MR) is 99.4 cm³/mol. The standard InChI is InChI=1S/C20H18ClNO4/c1-2-25-20(24)11-10-19(23)22-13-18(14-6-4-3-5-7-14)26-17-9-8-15(21)12-16(17)22/h3-12,18H,2,13H2,1H3. The Morgan fingerprint density at radius 1 is 1.23 bits per heavy atom. The van der Waals surface area contributed by atoms with Gasteiger partial charge in [-0.15, -0.1) is 0 Å². The zero-order valence-electron chi connectivity index (χ0n) is 14.2. The fraction of sp³-hybridized carbons (Fsp3) is 0.200. The van der Waals surface area contributed by atoms with Crippen molar-refractivity contribution in [3.63, 3.8) is 0 Å². The molecule has 134 valence electrons. The second-order valence-corrected chi connectivity index (χ2v) is 6.10. The lowest BCUT2D eigenvalue weighted by atomic mass is 10.1. The number of anilines is 1. The quantitative estimate of drug-likeness (QED) is 0.603. The van der Waals surface area contributed by atoms with E-state index in [0.717, 1.165) is 11.6 Å². The first-order chi connectivity index (χ1) is 12.6. The number of amides is 1. The first-order valence-corrected chi connectivity index (χ1v) is 8.63. The molecule has 1 atom stereocenters. The Morgan fingerprint density at radius 2 is 2.00 bits per heavy atom. The molecule has 1 unspecified atom stereocenters. The number of carbonyl (C=O) groups excluding carboxylic acids is 2. The molecule has 1 aliphatic heterocycles. The zero-order chi connectivity index (χ0) is 18.5. The van der Waals surface area contributed by atoms with Crippen LogP contribution in [0.4, 0.5) is 5.69 Å². The minimum atomic E-state index is -0.556. The fourth-order valence-corrected chi connectivity index (χ4v) is 2.89. The minimum absolute atomic E-state index is 0.253. The normalized spacial score (nSPS) is 16.1. The average Bonchev–Trinajstić information content (AvgIpc) is 2.66. The molecule has 26 heavy (non-hydrogen) atoms. The smallest absolute Gasteiger partial charge is 0.330 e. The Kier molecular flexibility index (Phi) is 5.58. The summed E-state index contributed by atoms with van der Waals surface area (Å²) in [5, 5.41) is 0.498. The van der Waals surface area contributed by atoms with Gasteiger partial charge in [-0.25, -0.2) is 4.79 Å². The number of halogens is 1. The maximum atomic E-state index is 12.7. The molecule has 0 N–H and O–H groups in total. The number of hydrogen-bond donors (Lipinski definition) is 0. The van der Waals surface area contributed by atoms with Crippen LogP contribution in [-0.4, -0.2) is 25.0 Å². The summed E-state index contributed by atoms with van der Waals surface area (Å²) in [7, 11) is 0. The third-order valence-corrected chi connectivity index (χ3v) is 4.15. The molecule has 2 aromatic carbocycles. The van der Waals surface area contributed by atoms with Crippen LogP contribution in [0, 0.1) is 0 Å². The lowest BCUT2D eigenvalue weighted by molar-refractivity contribution is -0.137. The molecule has 0 radical (unpaired) electrons. The lowest BCUT2D eigenvalue weighted by Crippen LogP contribution is -2.39. The molecule has 1 aliphatic rings. The van der Waals surface area contributed by atoms with Crippen molar-refractivity contribution in [1.29, 1.82) is 0 Å². The second-order valence-electron chi connectivity index (χ2n) is 5.66. The maximum absolute atomic E-state index is 12.7. The summed E-state index contributed by atoms with van der Waals surface area (Å²) in [5.41, 5.74) is 1.53. The summed E-state index contributed by atoms with van der Waals surface area (Å²) in [4.78, 5) is 25.7.